The molecule has 1 aliphatic heterocycles. The molecule has 0 radical (unpaired) electrons. The molecule has 1 fully saturated rings. The van der Waals surface area contributed by atoms with Crippen LogP contribution in [0.5, 0.6) is 0 Å². The molecule has 2 heterocycles. The fourth-order valence-corrected chi connectivity index (χ4v) is 4.19. The second-order valence-corrected chi connectivity index (χ2v) is 8.02. The van der Waals surface area contributed by atoms with Crippen LogP contribution in [0.3, 0.4) is 0 Å². The minimum absolute atomic E-state index is 0. The van der Waals surface area contributed by atoms with Gasteiger partial charge in [0.15, 0.2) is 5.82 Å². The van der Waals surface area contributed by atoms with Gasteiger partial charge in [-0.25, -0.2) is 9.07 Å². The van der Waals surface area contributed by atoms with Crippen molar-refractivity contribution in [1.29, 1.82) is 0 Å². The molecule has 0 bridgehead atoms. The number of anilines is 1. The maximum Gasteiger partial charge on any atom is 0.173 e. The number of benzene rings is 2. The zero-order valence-electron chi connectivity index (χ0n) is 18.7. The number of tetrazole rings is 1. The average molecular weight is 461 g/mol. The predicted molar refractivity (Wildman–Crippen MR) is 125 cm³/mol. The summed E-state index contributed by atoms with van der Waals surface area (Å²) in [6.45, 7) is 8.89. The van der Waals surface area contributed by atoms with E-state index in [1.807, 2.05) is 12.1 Å². The Morgan fingerprint density at radius 3 is 2.44 bits per heavy atom. The van der Waals surface area contributed by atoms with E-state index in [-0.39, 0.29) is 24.3 Å². The molecule has 172 valence electrons. The Kier molecular flexibility index (Phi) is 8.17. The van der Waals surface area contributed by atoms with Gasteiger partial charge < -0.3 is 9.64 Å². The monoisotopic (exact) mass is 460 g/mol. The summed E-state index contributed by atoms with van der Waals surface area (Å²) < 4.78 is 20.6. The second kappa shape index (κ2) is 10.8. The Morgan fingerprint density at radius 2 is 1.75 bits per heavy atom. The van der Waals surface area contributed by atoms with Crippen LogP contribution in [0.1, 0.15) is 28.6 Å². The van der Waals surface area contributed by atoms with E-state index >= 15 is 0 Å². The first-order valence-corrected chi connectivity index (χ1v) is 10.6. The van der Waals surface area contributed by atoms with E-state index in [0.29, 0.717) is 13.2 Å². The Bertz CT molecular complexity index is 1000. The lowest BCUT2D eigenvalue weighted by atomic mass is 10.0. The van der Waals surface area contributed by atoms with Crippen LogP contribution in [0.25, 0.3) is 0 Å². The molecule has 0 amide bonds. The van der Waals surface area contributed by atoms with Crippen molar-refractivity contribution in [2.45, 2.75) is 26.4 Å². The highest BCUT2D eigenvalue weighted by atomic mass is 35.5. The maximum absolute atomic E-state index is 13.6. The molecule has 4 rings (SSSR count). The summed E-state index contributed by atoms with van der Waals surface area (Å²) in [6, 6.07) is 13.1. The minimum atomic E-state index is -0.249. The fraction of sp³-hybridized carbons (Fsp3) is 0.435. The topological polar surface area (TPSA) is 59.3 Å². The van der Waals surface area contributed by atoms with Gasteiger partial charge in [0.25, 0.3) is 0 Å². The number of nitrogens with zero attached hydrogens (tertiary/aromatic N) is 6. The van der Waals surface area contributed by atoms with Crippen molar-refractivity contribution in [1.82, 2.24) is 25.1 Å². The normalized spacial score (nSPS) is 15.4. The largest absolute Gasteiger partial charge is 0.383 e. The summed E-state index contributed by atoms with van der Waals surface area (Å²) in [7, 11) is 1.66. The van der Waals surface area contributed by atoms with Crippen molar-refractivity contribution >= 4 is 18.1 Å². The first-order valence-electron chi connectivity index (χ1n) is 10.6. The van der Waals surface area contributed by atoms with Crippen LogP contribution in [-0.4, -0.2) is 65.0 Å². The minimum Gasteiger partial charge on any atom is -0.383 e. The third kappa shape index (κ3) is 5.26. The van der Waals surface area contributed by atoms with E-state index in [9.17, 15) is 4.39 Å². The fourth-order valence-electron chi connectivity index (χ4n) is 4.19. The molecule has 1 aromatic heterocycles. The third-order valence-electron chi connectivity index (χ3n) is 5.88. The molecule has 9 heteroatoms. The van der Waals surface area contributed by atoms with Gasteiger partial charge in [0.05, 0.1) is 19.2 Å². The number of ether oxygens (including phenoxy) is 1. The standard InChI is InChI=1S/C23H29FN6O.ClH/c1-17-4-5-18(2)21(16-17)28-10-12-29(13-11-28)22(19-6-8-20(24)9-7-19)23-25-26-27-30(23)14-15-31-3;/h4-9,16,22H,10-15H2,1-3H3;1H. The summed E-state index contributed by atoms with van der Waals surface area (Å²) in [6.07, 6.45) is 0. The third-order valence-corrected chi connectivity index (χ3v) is 5.88. The van der Waals surface area contributed by atoms with Gasteiger partial charge in [-0.2, -0.15) is 0 Å². The molecular weight excluding hydrogens is 431 g/mol. The molecule has 1 atom stereocenters. The molecule has 1 saturated heterocycles. The molecular formula is C23H30ClFN6O. The molecule has 0 spiro atoms. The molecule has 0 N–H and O–H groups in total. The lowest BCUT2D eigenvalue weighted by Crippen LogP contribution is -2.48. The van der Waals surface area contributed by atoms with E-state index in [0.717, 1.165) is 37.6 Å². The van der Waals surface area contributed by atoms with Crippen molar-refractivity contribution in [2.24, 2.45) is 0 Å². The van der Waals surface area contributed by atoms with E-state index < -0.39 is 0 Å². The van der Waals surface area contributed by atoms with Crippen LogP contribution >= 0.6 is 12.4 Å². The molecule has 7 nitrogen and oxygen atoms in total. The molecule has 0 aliphatic carbocycles. The molecule has 0 saturated carbocycles. The van der Waals surface area contributed by atoms with E-state index in [1.54, 1.807) is 11.8 Å². The molecule has 2 aromatic carbocycles. The highest BCUT2D eigenvalue weighted by Crippen LogP contribution is 2.30. The highest BCUT2D eigenvalue weighted by molar-refractivity contribution is 5.85. The predicted octanol–water partition coefficient (Wildman–Crippen LogP) is 3.41. The first-order chi connectivity index (χ1) is 15.1. The Balaban J connectivity index is 0.00000289. The van der Waals surface area contributed by atoms with E-state index in [4.69, 9.17) is 4.74 Å². The highest BCUT2D eigenvalue weighted by Gasteiger charge is 2.31. The number of aryl methyl sites for hydroxylation is 2. The van der Waals surface area contributed by atoms with Crippen molar-refractivity contribution in [3.05, 3.63) is 70.8 Å². The van der Waals surface area contributed by atoms with Gasteiger partial charge >= 0.3 is 0 Å². The Morgan fingerprint density at radius 1 is 1.03 bits per heavy atom. The van der Waals surface area contributed by atoms with Gasteiger partial charge in [0.1, 0.15) is 5.82 Å². The van der Waals surface area contributed by atoms with Crippen LogP contribution in [0.2, 0.25) is 0 Å². The number of aromatic nitrogens is 4. The van der Waals surface area contributed by atoms with Gasteiger partial charge in [-0.3, -0.25) is 4.90 Å². The number of piperazine rings is 1. The van der Waals surface area contributed by atoms with Crippen LogP contribution in [0.15, 0.2) is 42.5 Å². The van der Waals surface area contributed by atoms with E-state index in [1.165, 1.54) is 28.9 Å². The zero-order valence-corrected chi connectivity index (χ0v) is 19.6. The van der Waals surface area contributed by atoms with Crippen molar-refractivity contribution < 1.29 is 9.13 Å². The summed E-state index contributed by atoms with van der Waals surface area (Å²) >= 11 is 0. The first kappa shape index (κ1) is 24.1. The van der Waals surface area contributed by atoms with Crippen LogP contribution in [0, 0.1) is 19.7 Å². The Hall–Kier alpha value is -2.55. The van der Waals surface area contributed by atoms with Crippen LogP contribution in [0.4, 0.5) is 10.1 Å². The lowest BCUT2D eigenvalue weighted by Gasteiger charge is -2.40. The SMILES string of the molecule is COCCn1nnnc1C(c1ccc(F)cc1)N1CCN(c2cc(C)ccc2C)CC1.Cl. The molecule has 32 heavy (non-hydrogen) atoms. The maximum atomic E-state index is 13.6. The van der Waals surface area contributed by atoms with Crippen molar-refractivity contribution in [3.8, 4) is 0 Å². The number of hydrogen-bond donors (Lipinski definition) is 0. The van der Waals surface area contributed by atoms with Gasteiger partial charge in [-0.15, -0.1) is 17.5 Å². The molecule has 1 aliphatic rings. The van der Waals surface area contributed by atoms with Gasteiger partial charge in [0.2, 0.25) is 0 Å². The van der Waals surface area contributed by atoms with Gasteiger partial charge in [0, 0.05) is 39.0 Å². The lowest BCUT2D eigenvalue weighted by molar-refractivity contribution is 0.171. The van der Waals surface area contributed by atoms with Crippen molar-refractivity contribution in [3.63, 3.8) is 0 Å². The van der Waals surface area contributed by atoms with Crippen molar-refractivity contribution in [2.75, 3.05) is 44.8 Å². The summed E-state index contributed by atoms with van der Waals surface area (Å²) in [5.74, 6) is 0.505. The number of halogens is 2. The van der Waals surface area contributed by atoms with Gasteiger partial charge in [-0.05, 0) is 59.2 Å². The number of hydrogen-bond acceptors (Lipinski definition) is 6. The summed E-state index contributed by atoms with van der Waals surface area (Å²) in [4.78, 5) is 4.82. The smallest absolute Gasteiger partial charge is 0.173 e. The number of rotatable bonds is 7. The molecule has 3 aromatic rings. The quantitative estimate of drug-likeness (QED) is 0.538. The Labute approximate surface area is 194 Å². The van der Waals surface area contributed by atoms with Crippen LogP contribution < -0.4 is 4.90 Å². The average Bonchev–Trinajstić information content (AvgIpc) is 3.24. The summed E-state index contributed by atoms with van der Waals surface area (Å²) in [5.41, 5.74) is 4.83. The van der Waals surface area contributed by atoms with E-state index in [2.05, 4.69) is 57.4 Å². The number of methoxy groups -OCH3 is 1. The molecule has 1 unspecified atom stereocenters. The van der Waals surface area contributed by atoms with Gasteiger partial charge in [-0.1, -0.05) is 24.3 Å². The zero-order chi connectivity index (χ0) is 21.8. The second-order valence-electron chi connectivity index (χ2n) is 8.02. The van der Waals surface area contributed by atoms with Crippen LogP contribution in [-0.2, 0) is 11.3 Å². The summed E-state index contributed by atoms with van der Waals surface area (Å²) in [5, 5.41) is 12.4.